The maximum atomic E-state index is 12.8. The standard InChI is InChI=1S/C20H33N5O5.C4H10.CH5N/c1-20(2,3)24-19(30)22-11-15(26)25-9-5-8-14(25)18(29)23-13(16(27)17(21)28)10-12-6-4-7-12;1-4(2)3;1-2/h12-14H,4-11H2,1-3H3,(H2,21,28)(H,23,29)(H2,22,24,30);4H,1-3H3;2H2,1H3/t13?,14-;;/m0../s1. The minimum atomic E-state index is -1.08. The first kappa shape index (κ1) is 33.3. The van der Waals surface area contributed by atoms with Crippen molar-refractivity contribution in [1.82, 2.24) is 20.9 Å². The smallest absolute Gasteiger partial charge is 0.315 e. The van der Waals surface area contributed by atoms with Gasteiger partial charge < -0.3 is 32.3 Å². The zero-order valence-corrected chi connectivity index (χ0v) is 23.1. The molecule has 11 heteroatoms. The summed E-state index contributed by atoms with van der Waals surface area (Å²) in [4.78, 5) is 62.1. The van der Waals surface area contributed by atoms with E-state index in [0.717, 1.165) is 25.2 Å². The highest BCUT2D eigenvalue weighted by molar-refractivity contribution is 6.37. The number of Topliss-reactive ketones (excluding diaryl/α,β-unsaturated/α-hetero) is 1. The van der Waals surface area contributed by atoms with Crippen LogP contribution in [0, 0.1) is 11.8 Å². The molecule has 1 saturated carbocycles. The molecule has 1 aliphatic heterocycles. The molecule has 1 aliphatic carbocycles. The van der Waals surface area contributed by atoms with E-state index >= 15 is 0 Å². The highest BCUT2D eigenvalue weighted by Gasteiger charge is 2.37. The third-order valence-corrected chi connectivity index (χ3v) is 5.43. The average molecular weight is 513 g/mol. The van der Waals surface area contributed by atoms with Crippen LogP contribution >= 0.6 is 0 Å². The summed E-state index contributed by atoms with van der Waals surface area (Å²) in [7, 11) is 1.50. The third kappa shape index (κ3) is 12.9. The molecule has 0 spiro atoms. The van der Waals surface area contributed by atoms with Gasteiger partial charge in [0.15, 0.2) is 0 Å². The Morgan fingerprint density at radius 3 is 1.97 bits per heavy atom. The van der Waals surface area contributed by atoms with Crippen LogP contribution in [0.15, 0.2) is 0 Å². The topological polar surface area (TPSA) is 177 Å². The summed E-state index contributed by atoms with van der Waals surface area (Å²) in [5, 5.41) is 7.84. The molecule has 1 heterocycles. The Morgan fingerprint density at radius 1 is 0.972 bits per heavy atom. The summed E-state index contributed by atoms with van der Waals surface area (Å²) in [5.74, 6) is -1.63. The molecule has 0 aromatic heterocycles. The number of carbonyl (C=O) groups excluding carboxylic acids is 5. The number of rotatable bonds is 8. The summed E-state index contributed by atoms with van der Waals surface area (Å²) in [6.45, 7) is 12.1. The van der Waals surface area contributed by atoms with Crippen LogP contribution in [0.2, 0.25) is 0 Å². The number of ketones is 1. The second kappa shape index (κ2) is 16.1. The predicted molar refractivity (Wildman–Crippen MR) is 140 cm³/mol. The number of likely N-dealkylation sites (tertiary alicyclic amines) is 1. The minimum Gasteiger partial charge on any atom is -0.363 e. The molecular formula is C25H48N6O5. The van der Waals surface area contributed by atoms with Gasteiger partial charge in [-0.1, -0.05) is 40.0 Å². The van der Waals surface area contributed by atoms with Crippen molar-refractivity contribution in [3.63, 3.8) is 0 Å². The fraction of sp³-hybridized carbons (Fsp3) is 0.800. The number of hydrogen-bond acceptors (Lipinski definition) is 6. The predicted octanol–water partition coefficient (Wildman–Crippen LogP) is 1.04. The quantitative estimate of drug-likeness (QED) is 0.303. The van der Waals surface area contributed by atoms with Crippen LogP contribution in [0.4, 0.5) is 4.79 Å². The van der Waals surface area contributed by atoms with Crippen molar-refractivity contribution in [2.24, 2.45) is 23.3 Å². The maximum absolute atomic E-state index is 12.8. The molecule has 0 aromatic carbocycles. The molecule has 11 nitrogen and oxygen atoms in total. The molecule has 2 aliphatic rings. The second-order valence-corrected chi connectivity index (χ2v) is 10.9. The van der Waals surface area contributed by atoms with Crippen molar-refractivity contribution in [2.45, 2.75) is 97.7 Å². The maximum Gasteiger partial charge on any atom is 0.315 e. The van der Waals surface area contributed by atoms with Gasteiger partial charge in [-0.25, -0.2) is 4.79 Å². The lowest BCUT2D eigenvalue weighted by atomic mass is 9.80. The first-order chi connectivity index (χ1) is 16.7. The molecular weight excluding hydrogens is 464 g/mol. The SMILES string of the molecule is CC(C)(C)NC(=O)NCC(=O)N1CCC[C@H]1C(=O)NC(CC1CCC1)C(=O)C(N)=O.CC(C)C.CN. The summed E-state index contributed by atoms with van der Waals surface area (Å²) < 4.78 is 0. The van der Waals surface area contributed by atoms with Crippen LogP contribution < -0.4 is 27.4 Å². The lowest BCUT2D eigenvalue weighted by molar-refractivity contribution is -0.141. The van der Waals surface area contributed by atoms with E-state index in [0.29, 0.717) is 25.8 Å². The van der Waals surface area contributed by atoms with Gasteiger partial charge in [-0.2, -0.15) is 0 Å². The lowest BCUT2D eigenvalue weighted by Gasteiger charge is -2.30. The van der Waals surface area contributed by atoms with E-state index in [2.05, 4.69) is 42.5 Å². The first-order valence-corrected chi connectivity index (χ1v) is 12.8. The van der Waals surface area contributed by atoms with Gasteiger partial charge in [-0.05, 0) is 58.9 Å². The number of hydrogen-bond donors (Lipinski definition) is 5. The molecule has 1 unspecified atom stereocenters. The van der Waals surface area contributed by atoms with Crippen molar-refractivity contribution in [3.8, 4) is 0 Å². The van der Waals surface area contributed by atoms with Gasteiger partial charge in [0.05, 0.1) is 12.6 Å². The van der Waals surface area contributed by atoms with Crippen LogP contribution in [0.1, 0.15) is 80.1 Å². The van der Waals surface area contributed by atoms with Crippen molar-refractivity contribution in [1.29, 1.82) is 0 Å². The summed E-state index contributed by atoms with van der Waals surface area (Å²) >= 11 is 0. The van der Waals surface area contributed by atoms with E-state index in [9.17, 15) is 24.0 Å². The van der Waals surface area contributed by atoms with Gasteiger partial charge in [-0.15, -0.1) is 0 Å². The van der Waals surface area contributed by atoms with E-state index in [-0.39, 0.29) is 18.4 Å². The van der Waals surface area contributed by atoms with E-state index in [4.69, 9.17) is 5.73 Å². The minimum absolute atomic E-state index is 0.239. The average Bonchev–Trinajstić information content (AvgIpc) is 3.23. The van der Waals surface area contributed by atoms with Crippen molar-refractivity contribution in [2.75, 3.05) is 20.1 Å². The van der Waals surface area contributed by atoms with Crippen LogP contribution in [0.3, 0.4) is 0 Å². The Kier molecular flexibility index (Phi) is 14.9. The van der Waals surface area contributed by atoms with Gasteiger partial charge >= 0.3 is 6.03 Å². The number of nitrogens with two attached hydrogens (primary N) is 2. The Bertz CT molecular complexity index is 743. The number of nitrogens with zero attached hydrogens (tertiary/aromatic N) is 1. The fourth-order valence-corrected chi connectivity index (χ4v) is 3.71. The second-order valence-electron chi connectivity index (χ2n) is 10.9. The largest absolute Gasteiger partial charge is 0.363 e. The number of carbonyl (C=O) groups is 5. The Labute approximate surface area is 215 Å². The zero-order valence-electron chi connectivity index (χ0n) is 23.1. The molecule has 36 heavy (non-hydrogen) atoms. The van der Waals surface area contributed by atoms with Crippen LogP contribution in [0.5, 0.6) is 0 Å². The number of amides is 5. The Balaban J connectivity index is 0.00000185. The lowest BCUT2D eigenvalue weighted by Crippen LogP contribution is -2.55. The molecule has 2 atom stereocenters. The molecule has 0 radical (unpaired) electrons. The van der Waals surface area contributed by atoms with Gasteiger partial charge in [0, 0.05) is 12.1 Å². The molecule has 2 fully saturated rings. The highest BCUT2D eigenvalue weighted by atomic mass is 16.2. The third-order valence-electron chi connectivity index (χ3n) is 5.43. The van der Waals surface area contributed by atoms with Crippen molar-refractivity contribution >= 4 is 29.5 Å². The van der Waals surface area contributed by atoms with Gasteiger partial charge in [0.2, 0.25) is 17.6 Å². The van der Waals surface area contributed by atoms with E-state index in [1.165, 1.54) is 11.9 Å². The number of primary amides is 1. The molecule has 7 N–H and O–H groups in total. The number of nitrogens with one attached hydrogen (secondary N) is 3. The molecule has 0 bridgehead atoms. The van der Waals surface area contributed by atoms with Crippen LogP contribution in [-0.4, -0.2) is 72.2 Å². The van der Waals surface area contributed by atoms with E-state index < -0.39 is 41.3 Å². The van der Waals surface area contributed by atoms with E-state index in [1.54, 1.807) is 0 Å². The van der Waals surface area contributed by atoms with Gasteiger partial charge in [-0.3, -0.25) is 19.2 Å². The highest BCUT2D eigenvalue weighted by Crippen LogP contribution is 2.30. The number of urea groups is 1. The molecule has 0 aromatic rings. The first-order valence-electron chi connectivity index (χ1n) is 12.8. The van der Waals surface area contributed by atoms with Gasteiger partial charge in [0.1, 0.15) is 6.04 Å². The Hall–Kier alpha value is -2.69. The van der Waals surface area contributed by atoms with Gasteiger partial charge in [0.25, 0.3) is 5.91 Å². The van der Waals surface area contributed by atoms with E-state index in [1.807, 2.05) is 20.8 Å². The van der Waals surface area contributed by atoms with Crippen LogP contribution in [-0.2, 0) is 19.2 Å². The fourth-order valence-electron chi connectivity index (χ4n) is 3.71. The Morgan fingerprint density at radius 2 is 1.53 bits per heavy atom. The molecule has 1 saturated heterocycles. The summed E-state index contributed by atoms with van der Waals surface area (Å²) in [6.07, 6.45) is 4.44. The summed E-state index contributed by atoms with van der Waals surface area (Å²) in [6, 6.07) is -2.17. The van der Waals surface area contributed by atoms with Crippen LogP contribution in [0.25, 0.3) is 0 Å². The molecule has 208 valence electrons. The van der Waals surface area contributed by atoms with Crippen molar-refractivity contribution in [3.05, 3.63) is 0 Å². The summed E-state index contributed by atoms with van der Waals surface area (Å²) in [5.41, 5.74) is 9.20. The van der Waals surface area contributed by atoms with Crippen molar-refractivity contribution < 1.29 is 24.0 Å². The monoisotopic (exact) mass is 512 g/mol. The molecule has 2 rings (SSSR count). The molecule has 5 amide bonds. The normalized spacial score (nSPS) is 17.9. The zero-order chi connectivity index (χ0) is 28.1.